The van der Waals surface area contributed by atoms with Crippen molar-refractivity contribution in [2.24, 2.45) is 5.92 Å². The van der Waals surface area contributed by atoms with Gasteiger partial charge in [0.15, 0.2) is 11.5 Å². The molecule has 0 heterocycles. The zero-order valence-electron chi connectivity index (χ0n) is 23.2. The molecule has 0 bridgehead atoms. The number of nitrogens with one attached hydrogen (secondary N) is 1. The van der Waals surface area contributed by atoms with Crippen molar-refractivity contribution in [1.29, 1.82) is 0 Å². The minimum Gasteiger partial charge on any atom is -0.493 e. The number of hydrogen-bond acceptors (Lipinski definition) is 4. The number of nitrogens with zero attached hydrogens (tertiary/aromatic N) is 1. The highest BCUT2D eigenvalue weighted by atomic mass is 16.5. The minimum atomic E-state index is -0.630. The highest BCUT2D eigenvalue weighted by molar-refractivity contribution is 5.88. The Morgan fingerprint density at radius 1 is 0.842 bits per heavy atom. The van der Waals surface area contributed by atoms with Gasteiger partial charge in [-0.1, -0.05) is 80.1 Å². The second-order valence-electron chi connectivity index (χ2n) is 10.0. The predicted octanol–water partition coefficient (Wildman–Crippen LogP) is 5.36. The summed E-state index contributed by atoms with van der Waals surface area (Å²) < 4.78 is 10.8. The van der Waals surface area contributed by atoms with Gasteiger partial charge in [-0.15, -0.1) is 0 Å². The van der Waals surface area contributed by atoms with Gasteiger partial charge in [-0.05, 0) is 48.1 Å². The maximum absolute atomic E-state index is 13.8. The second-order valence-corrected chi connectivity index (χ2v) is 10.0. The number of ether oxygens (including phenoxy) is 2. The predicted molar refractivity (Wildman–Crippen MR) is 151 cm³/mol. The summed E-state index contributed by atoms with van der Waals surface area (Å²) in [7, 11) is 3.20. The number of carbonyl (C=O) groups excluding carboxylic acids is 2. The standard InChI is InChI=1S/C32H40N2O4/c1-23(2)21-33-32(36)28(19-25-11-7-6-8-12-25)34(22-27-13-9-10-24(3)18-27)31(35)17-15-26-14-16-29(37-4)30(20-26)38-5/h6-14,16,18,20,23,28H,15,17,19,21-22H2,1-5H3,(H,33,36). The van der Waals surface area contributed by atoms with Crippen LogP contribution in [0, 0.1) is 12.8 Å². The Hall–Kier alpha value is -3.80. The fraction of sp³-hybridized carbons (Fsp3) is 0.375. The van der Waals surface area contributed by atoms with E-state index in [1.165, 1.54) is 0 Å². The van der Waals surface area contributed by atoms with Crippen LogP contribution in [0.25, 0.3) is 0 Å². The van der Waals surface area contributed by atoms with Crippen molar-refractivity contribution in [3.63, 3.8) is 0 Å². The van der Waals surface area contributed by atoms with Crippen molar-refractivity contribution >= 4 is 11.8 Å². The third kappa shape index (κ3) is 8.37. The molecule has 0 saturated heterocycles. The molecule has 1 N–H and O–H groups in total. The number of aryl methyl sites for hydroxylation is 2. The van der Waals surface area contributed by atoms with Crippen LogP contribution in [-0.2, 0) is 29.0 Å². The SMILES string of the molecule is COc1ccc(CCC(=O)N(Cc2cccc(C)c2)C(Cc2ccccc2)C(=O)NCC(C)C)cc1OC. The number of amides is 2. The average molecular weight is 517 g/mol. The number of hydrogen-bond donors (Lipinski definition) is 1. The van der Waals surface area contributed by atoms with Crippen molar-refractivity contribution in [3.05, 3.63) is 95.1 Å². The average Bonchev–Trinajstić information content (AvgIpc) is 2.92. The van der Waals surface area contributed by atoms with Gasteiger partial charge in [0.2, 0.25) is 11.8 Å². The number of carbonyl (C=O) groups is 2. The van der Waals surface area contributed by atoms with Crippen molar-refractivity contribution in [2.45, 2.75) is 52.6 Å². The van der Waals surface area contributed by atoms with Crippen LogP contribution >= 0.6 is 0 Å². The molecular formula is C32H40N2O4. The molecule has 6 nitrogen and oxygen atoms in total. The maximum atomic E-state index is 13.8. The molecule has 2 amide bonds. The van der Waals surface area contributed by atoms with Gasteiger partial charge in [0.1, 0.15) is 6.04 Å². The van der Waals surface area contributed by atoms with E-state index in [1.807, 2.05) is 73.7 Å². The molecule has 0 spiro atoms. The first kappa shape index (κ1) is 28.8. The van der Waals surface area contributed by atoms with Gasteiger partial charge in [0, 0.05) is 25.9 Å². The molecule has 0 fully saturated rings. The fourth-order valence-corrected chi connectivity index (χ4v) is 4.41. The topological polar surface area (TPSA) is 67.9 Å². The summed E-state index contributed by atoms with van der Waals surface area (Å²) in [4.78, 5) is 29.1. The van der Waals surface area contributed by atoms with E-state index in [-0.39, 0.29) is 18.2 Å². The quantitative estimate of drug-likeness (QED) is 0.332. The molecule has 3 aromatic rings. The van der Waals surface area contributed by atoms with Crippen LogP contribution in [0.2, 0.25) is 0 Å². The Morgan fingerprint density at radius 2 is 1.55 bits per heavy atom. The Labute approximate surface area is 227 Å². The van der Waals surface area contributed by atoms with E-state index in [9.17, 15) is 9.59 Å². The highest BCUT2D eigenvalue weighted by Gasteiger charge is 2.30. The van der Waals surface area contributed by atoms with Crippen molar-refractivity contribution in [1.82, 2.24) is 10.2 Å². The molecular weight excluding hydrogens is 476 g/mol. The van der Waals surface area contributed by atoms with E-state index in [0.29, 0.717) is 43.3 Å². The van der Waals surface area contributed by atoms with Gasteiger partial charge < -0.3 is 19.7 Å². The van der Waals surface area contributed by atoms with E-state index in [1.54, 1.807) is 19.1 Å². The molecule has 0 radical (unpaired) electrons. The zero-order chi connectivity index (χ0) is 27.5. The Balaban J connectivity index is 1.90. The largest absolute Gasteiger partial charge is 0.493 e. The van der Waals surface area contributed by atoms with Crippen LogP contribution < -0.4 is 14.8 Å². The zero-order valence-corrected chi connectivity index (χ0v) is 23.2. The lowest BCUT2D eigenvalue weighted by molar-refractivity contribution is -0.141. The van der Waals surface area contributed by atoms with Gasteiger partial charge in [-0.3, -0.25) is 9.59 Å². The second kappa shape index (κ2) is 14.2. The van der Waals surface area contributed by atoms with Crippen molar-refractivity contribution in [2.75, 3.05) is 20.8 Å². The van der Waals surface area contributed by atoms with E-state index < -0.39 is 6.04 Å². The first-order chi connectivity index (χ1) is 18.3. The van der Waals surface area contributed by atoms with E-state index in [4.69, 9.17) is 9.47 Å². The molecule has 38 heavy (non-hydrogen) atoms. The Kier molecular flexibility index (Phi) is 10.8. The molecule has 0 aliphatic rings. The summed E-state index contributed by atoms with van der Waals surface area (Å²) >= 11 is 0. The minimum absolute atomic E-state index is 0.0677. The van der Waals surface area contributed by atoms with Gasteiger partial charge in [-0.2, -0.15) is 0 Å². The third-order valence-electron chi connectivity index (χ3n) is 6.47. The van der Waals surface area contributed by atoms with Crippen molar-refractivity contribution < 1.29 is 19.1 Å². The molecule has 0 saturated carbocycles. The van der Waals surface area contributed by atoms with Crippen LogP contribution in [-0.4, -0.2) is 43.5 Å². The molecule has 6 heteroatoms. The van der Waals surface area contributed by atoms with E-state index in [0.717, 1.165) is 22.3 Å². The monoisotopic (exact) mass is 516 g/mol. The van der Waals surface area contributed by atoms with Crippen molar-refractivity contribution in [3.8, 4) is 11.5 Å². The molecule has 1 atom stereocenters. The van der Waals surface area contributed by atoms with Gasteiger partial charge in [0.25, 0.3) is 0 Å². The van der Waals surface area contributed by atoms with Gasteiger partial charge >= 0.3 is 0 Å². The molecule has 3 rings (SSSR count). The third-order valence-corrected chi connectivity index (χ3v) is 6.47. The normalized spacial score (nSPS) is 11.6. The summed E-state index contributed by atoms with van der Waals surface area (Å²) in [5.41, 5.74) is 4.10. The lowest BCUT2D eigenvalue weighted by atomic mass is 10.0. The van der Waals surface area contributed by atoms with Gasteiger partial charge in [-0.25, -0.2) is 0 Å². The van der Waals surface area contributed by atoms with Crippen LogP contribution in [0.1, 0.15) is 42.5 Å². The van der Waals surface area contributed by atoms with Crippen LogP contribution in [0.5, 0.6) is 11.5 Å². The molecule has 3 aromatic carbocycles. The summed E-state index contributed by atoms with van der Waals surface area (Å²) in [5, 5.41) is 3.07. The van der Waals surface area contributed by atoms with Gasteiger partial charge in [0.05, 0.1) is 14.2 Å². The highest BCUT2D eigenvalue weighted by Crippen LogP contribution is 2.28. The molecule has 0 aliphatic heterocycles. The van der Waals surface area contributed by atoms with E-state index in [2.05, 4.69) is 25.2 Å². The summed E-state index contributed by atoms with van der Waals surface area (Å²) in [6.45, 7) is 7.07. The van der Waals surface area contributed by atoms with Crippen LogP contribution in [0.3, 0.4) is 0 Å². The number of benzene rings is 3. The number of methoxy groups -OCH3 is 2. The Bertz CT molecular complexity index is 1190. The molecule has 0 aromatic heterocycles. The number of rotatable bonds is 13. The molecule has 0 aliphatic carbocycles. The Morgan fingerprint density at radius 3 is 2.21 bits per heavy atom. The van der Waals surface area contributed by atoms with Crippen LogP contribution in [0.4, 0.5) is 0 Å². The summed E-state index contributed by atoms with van der Waals surface area (Å²) in [6, 6.07) is 23.0. The molecule has 202 valence electrons. The lowest BCUT2D eigenvalue weighted by Crippen LogP contribution is -2.51. The first-order valence-corrected chi connectivity index (χ1v) is 13.2. The summed E-state index contributed by atoms with van der Waals surface area (Å²) in [6.07, 6.45) is 1.23. The lowest BCUT2D eigenvalue weighted by Gasteiger charge is -2.32. The maximum Gasteiger partial charge on any atom is 0.243 e. The summed E-state index contributed by atoms with van der Waals surface area (Å²) in [5.74, 6) is 1.39. The van der Waals surface area contributed by atoms with Crippen LogP contribution in [0.15, 0.2) is 72.8 Å². The fourth-order valence-electron chi connectivity index (χ4n) is 4.41. The molecule has 1 unspecified atom stereocenters. The van der Waals surface area contributed by atoms with E-state index >= 15 is 0 Å². The first-order valence-electron chi connectivity index (χ1n) is 13.2. The smallest absolute Gasteiger partial charge is 0.243 e.